The fourth-order valence-electron chi connectivity index (χ4n) is 1.85. The number of carbonyl (C=O) groups is 1. The van der Waals surface area contributed by atoms with E-state index in [1.54, 1.807) is 12.3 Å². The molecule has 0 radical (unpaired) electrons. The summed E-state index contributed by atoms with van der Waals surface area (Å²) >= 11 is 0. The van der Waals surface area contributed by atoms with Crippen LogP contribution in [0.25, 0.3) is 10.8 Å². The first-order valence-corrected chi connectivity index (χ1v) is 5.63. The molecule has 1 aromatic heterocycles. The number of fused-ring (bicyclic) bond motifs is 1. The zero-order valence-corrected chi connectivity index (χ0v) is 9.55. The number of anilines is 1. The number of aromatic amines is 1. The standard InChI is InChI=1S/C14H11N3O/c18-14(16-13-7-8-15-17-13)12-6-5-10-3-1-2-4-11(10)9-12/h1-9H,(H2,15,16,17,18). The van der Waals surface area contributed by atoms with E-state index in [-0.39, 0.29) is 5.91 Å². The van der Waals surface area contributed by atoms with E-state index in [0.717, 1.165) is 10.8 Å². The first-order valence-electron chi connectivity index (χ1n) is 5.63. The van der Waals surface area contributed by atoms with Gasteiger partial charge >= 0.3 is 0 Å². The Labute approximate surface area is 104 Å². The van der Waals surface area contributed by atoms with Crippen molar-refractivity contribution in [2.75, 3.05) is 5.32 Å². The Morgan fingerprint density at radius 1 is 1.06 bits per heavy atom. The number of nitrogens with zero attached hydrogens (tertiary/aromatic N) is 1. The van der Waals surface area contributed by atoms with Gasteiger partial charge in [0.1, 0.15) is 0 Å². The van der Waals surface area contributed by atoms with Gasteiger partial charge in [0.15, 0.2) is 5.82 Å². The quantitative estimate of drug-likeness (QED) is 0.720. The molecule has 0 saturated heterocycles. The van der Waals surface area contributed by atoms with Gasteiger partial charge in [0, 0.05) is 17.8 Å². The predicted molar refractivity (Wildman–Crippen MR) is 70.5 cm³/mol. The van der Waals surface area contributed by atoms with Gasteiger partial charge < -0.3 is 5.32 Å². The molecule has 88 valence electrons. The average molecular weight is 237 g/mol. The van der Waals surface area contributed by atoms with Gasteiger partial charge in [0.2, 0.25) is 0 Å². The van der Waals surface area contributed by atoms with Gasteiger partial charge in [0.05, 0.1) is 0 Å². The smallest absolute Gasteiger partial charge is 0.256 e. The third-order valence-corrected chi connectivity index (χ3v) is 2.75. The number of rotatable bonds is 2. The van der Waals surface area contributed by atoms with Crippen molar-refractivity contribution in [1.29, 1.82) is 0 Å². The molecule has 3 rings (SSSR count). The maximum absolute atomic E-state index is 12.0. The van der Waals surface area contributed by atoms with Crippen molar-refractivity contribution in [3.8, 4) is 0 Å². The van der Waals surface area contributed by atoms with E-state index in [2.05, 4.69) is 15.5 Å². The lowest BCUT2D eigenvalue weighted by Crippen LogP contribution is -2.11. The minimum Gasteiger partial charge on any atom is -0.305 e. The van der Waals surface area contributed by atoms with E-state index < -0.39 is 0 Å². The number of carbonyl (C=O) groups excluding carboxylic acids is 1. The van der Waals surface area contributed by atoms with Crippen LogP contribution in [-0.2, 0) is 0 Å². The largest absolute Gasteiger partial charge is 0.305 e. The van der Waals surface area contributed by atoms with Gasteiger partial charge in [-0.1, -0.05) is 30.3 Å². The molecule has 0 unspecified atom stereocenters. The second-order valence-electron chi connectivity index (χ2n) is 3.98. The Kier molecular flexibility index (Phi) is 2.53. The Balaban J connectivity index is 1.92. The van der Waals surface area contributed by atoms with Crippen molar-refractivity contribution in [2.24, 2.45) is 0 Å². The van der Waals surface area contributed by atoms with Crippen molar-refractivity contribution in [2.45, 2.75) is 0 Å². The van der Waals surface area contributed by atoms with E-state index >= 15 is 0 Å². The first kappa shape index (κ1) is 10.5. The van der Waals surface area contributed by atoms with Crippen LogP contribution in [0.4, 0.5) is 5.82 Å². The predicted octanol–water partition coefficient (Wildman–Crippen LogP) is 2.82. The molecule has 0 fully saturated rings. The molecule has 0 atom stereocenters. The number of nitrogens with one attached hydrogen (secondary N) is 2. The molecule has 1 amide bonds. The minimum absolute atomic E-state index is 0.159. The normalized spacial score (nSPS) is 10.4. The van der Waals surface area contributed by atoms with Crippen LogP contribution in [0.15, 0.2) is 54.7 Å². The van der Waals surface area contributed by atoms with Crippen LogP contribution in [0.3, 0.4) is 0 Å². The fourth-order valence-corrected chi connectivity index (χ4v) is 1.85. The molecule has 0 aliphatic carbocycles. The highest BCUT2D eigenvalue weighted by atomic mass is 16.1. The monoisotopic (exact) mass is 237 g/mol. The van der Waals surface area contributed by atoms with Gasteiger partial charge in [0.25, 0.3) is 5.91 Å². The third-order valence-electron chi connectivity index (χ3n) is 2.75. The summed E-state index contributed by atoms with van der Waals surface area (Å²) in [7, 11) is 0. The van der Waals surface area contributed by atoms with Gasteiger partial charge in [-0.15, -0.1) is 0 Å². The SMILES string of the molecule is O=C(Nc1cc[nH]n1)c1ccc2ccccc2c1. The number of hydrogen-bond donors (Lipinski definition) is 2. The number of amides is 1. The molecule has 4 nitrogen and oxygen atoms in total. The molecule has 1 heterocycles. The third kappa shape index (κ3) is 1.96. The minimum atomic E-state index is -0.159. The Morgan fingerprint density at radius 2 is 1.89 bits per heavy atom. The maximum atomic E-state index is 12.0. The Morgan fingerprint density at radius 3 is 2.67 bits per heavy atom. The molecular formula is C14H11N3O. The van der Waals surface area contributed by atoms with Crippen LogP contribution in [0.1, 0.15) is 10.4 Å². The summed E-state index contributed by atoms with van der Waals surface area (Å²) in [5, 5.41) is 11.4. The Hall–Kier alpha value is -2.62. The molecule has 4 heteroatoms. The van der Waals surface area contributed by atoms with Gasteiger partial charge in [-0.05, 0) is 22.9 Å². The number of benzene rings is 2. The van der Waals surface area contributed by atoms with Crippen LogP contribution in [0.5, 0.6) is 0 Å². The van der Waals surface area contributed by atoms with Crippen LogP contribution in [0.2, 0.25) is 0 Å². The highest BCUT2D eigenvalue weighted by Gasteiger charge is 2.07. The van der Waals surface area contributed by atoms with Crippen molar-refractivity contribution in [1.82, 2.24) is 10.2 Å². The van der Waals surface area contributed by atoms with E-state index in [0.29, 0.717) is 11.4 Å². The van der Waals surface area contributed by atoms with E-state index in [4.69, 9.17) is 0 Å². The fraction of sp³-hybridized carbons (Fsp3) is 0. The highest BCUT2D eigenvalue weighted by molar-refractivity contribution is 6.05. The maximum Gasteiger partial charge on any atom is 0.256 e. The van der Waals surface area contributed by atoms with Crippen molar-refractivity contribution < 1.29 is 4.79 Å². The number of aromatic nitrogens is 2. The summed E-state index contributed by atoms with van der Waals surface area (Å²) in [6.45, 7) is 0. The summed E-state index contributed by atoms with van der Waals surface area (Å²) in [6.07, 6.45) is 1.66. The molecule has 0 saturated carbocycles. The molecule has 3 aromatic rings. The van der Waals surface area contributed by atoms with Crippen LogP contribution in [-0.4, -0.2) is 16.1 Å². The molecule has 0 spiro atoms. The van der Waals surface area contributed by atoms with E-state index in [9.17, 15) is 4.79 Å². The number of H-pyrrole nitrogens is 1. The summed E-state index contributed by atoms with van der Waals surface area (Å²) < 4.78 is 0. The zero-order chi connectivity index (χ0) is 12.4. The van der Waals surface area contributed by atoms with Crippen LogP contribution < -0.4 is 5.32 Å². The average Bonchev–Trinajstić information content (AvgIpc) is 2.91. The summed E-state index contributed by atoms with van der Waals surface area (Å²) in [4.78, 5) is 12.0. The lowest BCUT2D eigenvalue weighted by Gasteiger charge is -2.03. The van der Waals surface area contributed by atoms with E-state index in [1.165, 1.54) is 0 Å². The molecule has 0 aliphatic heterocycles. The molecule has 0 aliphatic rings. The molecule has 0 bridgehead atoms. The lowest BCUT2D eigenvalue weighted by molar-refractivity contribution is 0.102. The summed E-state index contributed by atoms with van der Waals surface area (Å²) in [5.41, 5.74) is 0.622. The van der Waals surface area contributed by atoms with Crippen molar-refractivity contribution >= 4 is 22.5 Å². The topological polar surface area (TPSA) is 57.8 Å². The second kappa shape index (κ2) is 4.33. The van der Waals surface area contributed by atoms with Gasteiger partial charge in [-0.25, -0.2) is 0 Å². The number of hydrogen-bond acceptors (Lipinski definition) is 2. The first-order chi connectivity index (χ1) is 8.83. The lowest BCUT2D eigenvalue weighted by atomic mass is 10.1. The zero-order valence-electron chi connectivity index (χ0n) is 9.55. The molecule has 2 aromatic carbocycles. The van der Waals surface area contributed by atoms with E-state index in [1.807, 2.05) is 42.5 Å². The Bertz CT molecular complexity index is 689. The molecule has 2 N–H and O–H groups in total. The summed E-state index contributed by atoms with van der Waals surface area (Å²) in [5.74, 6) is 0.362. The van der Waals surface area contributed by atoms with Crippen LogP contribution in [0, 0.1) is 0 Å². The molecular weight excluding hydrogens is 226 g/mol. The molecule has 18 heavy (non-hydrogen) atoms. The van der Waals surface area contributed by atoms with Crippen molar-refractivity contribution in [3.63, 3.8) is 0 Å². The van der Waals surface area contributed by atoms with Crippen molar-refractivity contribution in [3.05, 3.63) is 60.3 Å². The highest BCUT2D eigenvalue weighted by Crippen LogP contribution is 2.16. The van der Waals surface area contributed by atoms with Gasteiger partial charge in [-0.3, -0.25) is 9.89 Å². The van der Waals surface area contributed by atoms with Gasteiger partial charge in [-0.2, -0.15) is 5.10 Å². The second-order valence-corrected chi connectivity index (χ2v) is 3.98. The summed E-state index contributed by atoms with van der Waals surface area (Å²) in [6, 6.07) is 15.3. The van der Waals surface area contributed by atoms with Crippen LogP contribution >= 0.6 is 0 Å².